The van der Waals surface area contributed by atoms with E-state index in [4.69, 9.17) is 9.97 Å². The SMILES string of the molecule is c1ccc(-c2nnc(CNc3nc(-c4ccncc4)nc4ccccc34)s2)cc1. The first kappa shape index (κ1) is 17.4. The maximum absolute atomic E-state index is 4.76. The Labute approximate surface area is 171 Å². The maximum Gasteiger partial charge on any atom is 0.162 e. The normalized spacial score (nSPS) is 10.9. The van der Waals surface area contributed by atoms with Crippen LogP contribution in [0.25, 0.3) is 32.9 Å². The number of rotatable bonds is 5. The van der Waals surface area contributed by atoms with E-state index < -0.39 is 0 Å². The fourth-order valence-corrected chi connectivity index (χ4v) is 3.81. The van der Waals surface area contributed by atoms with E-state index in [0.29, 0.717) is 12.4 Å². The summed E-state index contributed by atoms with van der Waals surface area (Å²) in [5.74, 6) is 1.44. The summed E-state index contributed by atoms with van der Waals surface area (Å²) in [6.07, 6.45) is 3.49. The lowest BCUT2D eigenvalue weighted by Crippen LogP contribution is -2.04. The van der Waals surface area contributed by atoms with Crippen molar-refractivity contribution in [3.05, 3.63) is 84.1 Å². The van der Waals surface area contributed by atoms with Crippen LogP contribution in [0, 0.1) is 0 Å². The molecule has 7 heteroatoms. The molecule has 0 amide bonds. The minimum absolute atomic E-state index is 0.543. The standard InChI is InChI=1S/C22H16N6S/c1-2-6-16(7-3-1)22-28-27-19(29-22)14-24-21-17-8-4-5-9-18(17)25-20(26-21)15-10-12-23-13-11-15/h1-13H,14H2,(H,24,25,26). The minimum atomic E-state index is 0.543. The molecule has 29 heavy (non-hydrogen) atoms. The number of nitrogens with zero attached hydrogens (tertiary/aromatic N) is 5. The van der Waals surface area contributed by atoms with Gasteiger partial charge in [0.15, 0.2) is 5.82 Å². The van der Waals surface area contributed by atoms with Gasteiger partial charge in [-0.1, -0.05) is 53.8 Å². The molecule has 2 aromatic carbocycles. The summed E-state index contributed by atoms with van der Waals surface area (Å²) in [4.78, 5) is 13.5. The smallest absolute Gasteiger partial charge is 0.162 e. The molecule has 0 saturated heterocycles. The van der Waals surface area contributed by atoms with Crippen LogP contribution in [0.5, 0.6) is 0 Å². The zero-order valence-electron chi connectivity index (χ0n) is 15.4. The van der Waals surface area contributed by atoms with E-state index in [1.165, 1.54) is 0 Å². The Bertz CT molecular complexity index is 1250. The number of fused-ring (bicyclic) bond motifs is 1. The van der Waals surface area contributed by atoms with Gasteiger partial charge in [-0.2, -0.15) is 0 Å². The Balaban J connectivity index is 1.45. The van der Waals surface area contributed by atoms with Crippen LogP contribution in [-0.4, -0.2) is 25.1 Å². The van der Waals surface area contributed by atoms with Crippen LogP contribution < -0.4 is 5.32 Å². The van der Waals surface area contributed by atoms with E-state index in [1.54, 1.807) is 23.7 Å². The molecule has 0 fully saturated rings. The van der Waals surface area contributed by atoms with Crippen molar-refractivity contribution < 1.29 is 0 Å². The predicted octanol–water partition coefficient (Wildman–Crippen LogP) is 4.82. The third-order valence-corrected chi connectivity index (χ3v) is 5.41. The van der Waals surface area contributed by atoms with E-state index in [1.807, 2.05) is 66.7 Å². The average Bonchev–Trinajstić information content (AvgIpc) is 3.27. The molecule has 140 valence electrons. The van der Waals surface area contributed by atoms with Crippen LogP contribution in [0.15, 0.2) is 79.1 Å². The van der Waals surface area contributed by atoms with Gasteiger partial charge in [0.25, 0.3) is 0 Å². The third kappa shape index (κ3) is 3.68. The molecule has 0 radical (unpaired) electrons. The molecule has 5 aromatic rings. The van der Waals surface area contributed by atoms with Crippen LogP contribution in [0.3, 0.4) is 0 Å². The zero-order valence-corrected chi connectivity index (χ0v) is 16.2. The molecule has 0 bridgehead atoms. The fourth-order valence-electron chi connectivity index (χ4n) is 3.02. The zero-order chi connectivity index (χ0) is 19.5. The van der Waals surface area contributed by atoms with Crippen molar-refractivity contribution in [2.45, 2.75) is 6.54 Å². The molecule has 0 atom stereocenters. The van der Waals surface area contributed by atoms with Crippen LogP contribution in [0.2, 0.25) is 0 Å². The van der Waals surface area contributed by atoms with Crippen molar-refractivity contribution in [1.82, 2.24) is 25.1 Å². The highest BCUT2D eigenvalue weighted by Gasteiger charge is 2.11. The van der Waals surface area contributed by atoms with E-state index in [-0.39, 0.29) is 0 Å². The van der Waals surface area contributed by atoms with E-state index in [2.05, 4.69) is 20.5 Å². The van der Waals surface area contributed by atoms with Gasteiger partial charge in [0, 0.05) is 28.9 Å². The highest BCUT2D eigenvalue weighted by molar-refractivity contribution is 7.14. The number of benzene rings is 2. The summed E-state index contributed by atoms with van der Waals surface area (Å²) in [6.45, 7) is 0.543. The van der Waals surface area contributed by atoms with E-state index >= 15 is 0 Å². The molecule has 6 nitrogen and oxygen atoms in total. The van der Waals surface area contributed by atoms with Gasteiger partial charge >= 0.3 is 0 Å². The van der Waals surface area contributed by atoms with Gasteiger partial charge in [-0.05, 0) is 24.3 Å². The summed E-state index contributed by atoms with van der Waals surface area (Å²) in [5.41, 5.74) is 2.89. The monoisotopic (exact) mass is 396 g/mol. The molecule has 0 saturated carbocycles. The van der Waals surface area contributed by atoms with Crippen molar-refractivity contribution in [2.75, 3.05) is 5.32 Å². The summed E-state index contributed by atoms with van der Waals surface area (Å²) < 4.78 is 0. The second-order valence-electron chi connectivity index (χ2n) is 6.37. The molecular formula is C22H16N6S. The molecule has 5 rings (SSSR count). The number of para-hydroxylation sites is 1. The van der Waals surface area contributed by atoms with Gasteiger partial charge in [0.2, 0.25) is 0 Å². The molecule has 1 N–H and O–H groups in total. The van der Waals surface area contributed by atoms with Crippen molar-refractivity contribution >= 4 is 28.1 Å². The molecule has 0 aliphatic heterocycles. The van der Waals surface area contributed by atoms with Crippen LogP contribution in [-0.2, 0) is 6.54 Å². The Morgan fingerprint density at radius 1 is 0.759 bits per heavy atom. The van der Waals surface area contributed by atoms with Crippen molar-refractivity contribution in [2.24, 2.45) is 0 Å². The lowest BCUT2D eigenvalue weighted by molar-refractivity contribution is 0.986. The summed E-state index contributed by atoms with van der Waals surface area (Å²) in [6, 6.07) is 21.9. The third-order valence-electron chi connectivity index (χ3n) is 4.44. The number of aromatic nitrogens is 5. The van der Waals surface area contributed by atoms with Crippen molar-refractivity contribution in [3.63, 3.8) is 0 Å². The Morgan fingerprint density at radius 2 is 1.55 bits per heavy atom. The molecule has 0 aliphatic carbocycles. The van der Waals surface area contributed by atoms with Gasteiger partial charge in [-0.15, -0.1) is 10.2 Å². The first-order valence-electron chi connectivity index (χ1n) is 9.16. The van der Waals surface area contributed by atoms with Crippen molar-refractivity contribution in [3.8, 4) is 22.0 Å². The number of hydrogen-bond donors (Lipinski definition) is 1. The lowest BCUT2D eigenvalue weighted by atomic mass is 10.2. The maximum atomic E-state index is 4.76. The first-order chi connectivity index (χ1) is 14.4. The number of hydrogen-bond acceptors (Lipinski definition) is 7. The van der Waals surface area contributed by atoms with E-state index in [9.17, 15) is 0 Å². The molecule has 0 aliphatic rings. The Hall–Kier alpha value is -3.71. The Kier molecular flexibility index (Phi) is 4.63. The summed E-state index contributed by atoms with van der Waals surface area (Å²) in [5, 5.41) is 14.8. The highest BCUT2D eigenvalue weighted by Crippen LogP contribution is 2.27. The van der Waals surface area contributed by atoms with Gasteiger partial charge in [0.1, 0.15) is 15.8 Å². The average molecular weight is 396 g/mol. The van der Waals surface area contributed by atoms with Crippen molar-refractivity contribution in [1.29, 1.82) is 0 Å². The minimum Gasteiger partial charge on any atom is -0.363 e. The van der Waals surface area contributed by atoms with Crippen LogP contribution >= 0.6 is 11.3 Å². The number of anilines is 1. The molecular weight excluding hydrogens is 380 g/mol. The number of nitrogens with one attached hydrogen (secondary N) is 1. The molecule has 3 heterocycles. The second kappa shape index (κ2) is 7.73. The molecule has 0 spiro atoms. The summed E-state index contributed by atoms with van der Waals surface area (Å²) >= 11 is 1.57. The summed E-state index contributed by atoms with van der Waals surface area (Å²) in [7, 11) is 0. The van der Waals surface area contributed by atoms with Gasteiger partial charge < -0.3 is 5.32 Å². The van der Waals surface area contributed by atoms with Gasteiger partial charge in [-0.3, -0.25) is 4.98 Å². The Morgan fingerprint density at radius 3 is 2.41 bits per heavy atom. The second-order valence-corrected chi connectivity index (χ2v) is 7.43. The fraction of sp³-hybridized carbons (Fsp3) is 0.0455. The van der Waals surface area contributed by atoms with Crippen LogP contribution in [0.1, 0.15) is 5.01 Å². The quantitative estimate of drug-likeness (QED) is 0.459. The largest absolute Gasteiger partial charge is 0.363 e. The van der Waals surface area contributed by atoms with E-state index in [0.717, 1.165) is 37.9 Å². The van der Waals surface area contributed by atoms with Gasteiger partial charge in [-0.25, -0.2) is 9.97 Å². The molecule has 3 aromatic heterocycles. The first-order valence-corrected chi connectivity index (χ1v) is 9.97. The predicted molar refractivity (Wildman–Crippen MR) is 115 cm³/mol. The molecule has 0 unspecified atom stereocenters. The number of pyridine rings is 1. The highest BCUT2D eigenvalue weighted by atomic mass is 32.1. The van der Waals surface area contributed by atoms with Crippen LogP contribution in [0.4, 0.5) is 5.82 Å². The topological polar surface area (TPSA) is 76.5 Å². The lowest BCUT2D eigenvalue weighted by Gasteiger charge is -2.10. The van der Waals surface area contributed by atoms with Gasteiger partial charge in [0.05, 0.1) is 12.1 Å².